The van der Waals surface area contributed by atoms with Gasteiger partial charge in [-0.2, -0.15) is 0 Å². The maximum Gasteiger partial charge on any atom is 0.156 e. The SMILES string of the molecule is CC(C)(C)S(=O)(=O)CCNc1ccc(Cl)cc1Br. The topological polar surface area (TPSA) is 46.2 Å². The van der Waals surface area contributed by atoms with Crippen molar-refractivity contribution in [1.29, 1.82) is 0 Å². The molecule has 0 radical (unpaired) electrons. The van der Waals surface area contributed by atoms with Crippen LogP contribution in [-0.2, 0) is 9.84 Å². The number of nitrogens with one attached hydrogen (secondary N) is 1. The molecule has 0 aliphatic rings. The van der Waals surface area contributed by atoms with Crippen LogP contribution < -0.4 is 5.32 Å². The molecule has 0 amide bonds. The summed E-state index contributed by atoms with van der Waals surface area (Å²) in [4.78, 5) is 0. The van der Waals surface area contributed by atoms with Gasteiger partial charge in [0.1, 0.15) is 0 Å². The third-order valence-electron chi connectivity index (χ3n) is 2.55. The lowest BCUT2D eigenvalue weighted by molar-refractivity contribution is 0.560. The zero-order chi connectivity index (χ0) is 14.0. The minimum atomic E-state index is -3.09. The molecule has 0 fully saturated rings. The van der Waals surface area contributed by atoms with Crippen LogP contribution in [0.1, 0.15) is 20.8 Å². The largest absolute Gasteiger partial charge is 0.383 e. The number of anilines is 1. The first kappa shape index (κ1) is 15.8. The summed E-state index contributed by atoms with van der Waals surface area (Å²) in [7, 11) is -3.09. The van der Waals surface area contributed by atoms with Crippen molar-refractivity contribution in [3.8, 4) is 0 Å². The van der Waals surface area contributed by atoms with Gasteiger partial charge in [0.25, 0.3) is 0 Å². The van der Waals surface area contributed by atoms with E-state index in [0.29, 0.717) is 11.6 Å². The molecule has 6 heteroatoms. The van der Waals surface area contributed by atoms with Crippen LogP contribution in [0.2, 0.25) is 5.02 Å². The van der Waals surface area contributed by atoms with Gasteiger partial charge < -0.3 is 5.32 Å². The van der Waals surface area contributed by atoms with Gasteiger partial charge in [-0.3, -0.25) is 0 Å². The molecule has 0 atom stereocenters. The molecule has 0 heterocycles. The van der Waals surface area contributed by atoms with E-state index in [-0.39, 0.29) is 5.75 Å². The Balaban J connectivity index is 2.63. The van der Waals surface area contributed by atoms with Crippen molar-refractivity contribution in [2.75, 3.05) is 17.6 Å². The Morgan fingerprint density at radius 1 is 1.33 bits per heavy atom. The van der Waals surface area contributed by atoms with Gasteiger partial charge in [-0.25, -0.2) is 8.42 Å². The van der Waals surface area contributed by atoms with Crippen LogP contribution in [0.3, 0.4) is 0 Å². The van der Waals surface area contributed by atoms with Gasteiger partial charge >= 0.3 is 0 Å². The molecule has 0 spiro atoms. The molecular formula is C12H17BrClNO2S. The van der Waals surface area contributed by atoms with Crippen LogP contribution in [0, 0.1) is 0 Å². The summed E-state index contributed by atoms with van der Waals surface area (Å²) in [5, 5.41) is 3.72. The van der Waals surface area contributed by atoms with Gasteiger partial charge in [0.05, 0.1) is 10.5 Å². The minimum Gasteiger partial charge on any atom is -0.383 e. The fourth-order valence-corrected chi connectivity index (χ4v) is 3.07. The highest BCUT2D eigenvalue weighted by molar-refractivity contribution is 9.10. The molecule has 0 bridgehead atoms. The van der Waals surface area contributed by atoms with Crippen molar-refractivity contribution in [3.63, 3.8) is 0 Å². The van der Waals surface area contributed by atoms with E-state index in [2.05, 4.69) is 21.2 Å². The lowest BCUT2D eigenvalue weighted by atomic mass is 10.3. The molecule has 0 aromatic heterocycles. The first-order valence-electron chi connectivity index (χ1n) is 5.55. The first-order valence-corrected chi connectivity index (χ1v) is 8.37. The quantitative estimate of drug-likeness (QED) is 0.896. The van der Waals surface area contributed by atoms with Crippen molar-refractivity contribution >= 4 is 43.1 Å². The third kappa shape index (κ3) is 4.14. The zero-order valence-electron chi connectivity index (χ0n) is 10.6. The molecule has 0 aliphatic heterocycles. The molecule has 102 valence electrons. The van der Waals surface area contributed by atoms with Gasteiger partial charge in [0, 0.05) is 21.7 Å². The Bertz CT molecular complexity index is 523. The van der Waals surface area contributed by atoms with E-state index in [1.54, 1.807) is 32.9 Å². The van der Waals surface area contributed by atoms with Crippen LogP contribution in [-0.4, -0.2) is 25.5 Å². The van der Waals surface area contributed by atoms with Gasteiger partial charge in [0.2, 0.25) is 0 Å². The Hall–Kier alpha value is -0.260. The number of rotatable bonds is 4. The van der Waals surface area contributed by atoms with Crippen LogP contribution in [0.4, 0.5) is 5.69 Å². The highest BCUT2D eigenvalue weighted by atomic mass is 79.9. The third-order valence-corrected chi connectivity index (χ3v) is 6.05. The van der Waals surface area contributed by atoms with E-state index >= 15 is 0 Å². The number of hydrogen-bond donors (Lipinski definition) is 1. The van der Waals surface area contributed by atoms with Crippen molar-refractivity contribution in [2.45, 2.75) is 25.5 Å². The average molecular weight is 355 g/mol. The van der Waals surface area contributed by atoms with E-state index < -0.39 is 14.6 Å². The summed E-state index contributed by atoms with van der Waals surface area (Å²) < 4.78 is 23.9. The molecule has 18 heavy (non-hydrogen) atoms. The van der Waals surface area contributed by atoms with Crippen LogP contribution in [0.15, 0.2) is 22.7 Å². The summed E-state index contributed by atoms with van der Waals surface area (Å²) >= 11 is 9.20. The predicted octanol–water partition coefficient (Wildman–Crippen LogP) is 3.73. The molecular weight excluding hydrogens is 338 g/mol. The second-order valence-electron chi connectivity index (χ2n) is 4.98. The van der Waals surface area contributed by atoms with Gasteiger partial charge in [-0.05, 0) is 54.9 Å². The Morgan fingerprint density at radius 3 is 2.44 bits per heavy atom. The smallest absolute Gasteiger partial charge is 0.156 e. The standard InChI is InChI=1S/C12H17BrClNO2S/c1-12(2,3)18(16,17)7-6-15-11-5-4-9(14)8-10(11)13/h4-5,8,15H,6-7H2,1-3H3. The normalized spacial score (nSPS) is 12.5. The van der Waals surface area contributed by atoms with Crippen molar-refractivity contribution in [3.05, 3.63) is 27.7 Å². The van der Waals surface area contributed by atoms with E-state index in [0.717, 1.165) is 10.2 Å². The van der Waals surface area contributed by atoms with Crippen molar-refractivity contribution < 1.29 is 8.42 Å². The molecule has 0 unspecified atom stereocenters. The van der Waals surface area contributed by atoms with Crippen molar-refractivity contribution in [2.24, 2.45) is 0 Å². The minimum absolute atomic E-state index is 0.103. The molecule has 3 nitrogen and oxygen atoms in total. The second kappa shape index (κ2) is 5.80. The molecule has 1 aromatic carbocycles. The van der Waals surface area contributed by atoms with Gasteiger partial charge in [-0.15, -0.1) is 0 Å². The lowest BCUT2D eigenvalue weighted by Gasteiger charge is -2.19. The number of halogens is 2. The van der Waals surface area contributed by atoms with Crippen LogP contribution in [0.5, 0.6) is 0 Å². The van der Waals surface area contributed by atoms with Gasteiger partial charge in [-0.1, -0.05) is 11.6 Å². The molecule has 1 aromatic rings. The maximum absolute atomic E-state index is 11.9. The summed E-state index contributed by atoms with van der Waals surface area (Å²) in [5.74, 6) is 0.103. The lowest BCUT2D eigenvalue weighted by Crippen LogP contribution is -2.32. The van der Waals surface area contributed by atoms with Crippen molar-refractivity contribution in [1.82, 2.24) is 0 Å². The van der Waals surface area contributed by atoms with Crippen LogP contribution >= 0.6 is 27.5 Å². The number of hydrogen-bond acceptors (Lipinski definition) is 3. The summed E-state index contributed by atoms with van der Waals surface area (Å²) in [6.07, 6.45) is 0. The van der Waals surface area contributed by atoms with E-state index in [1.165, 1.54) is 0 Å². The van der Waals surface area contributed by atoms with Crippen LogP contribution in [0.25, 0.3) is 0 Å². The first-order chi connectivity index (χ1) is 8.13. The highest BCUT2D eigenvalue weighted by Crippen LogP contribution is 2.26. The summed E-state index contributed by atoms with van der Waals surface area (Å²) in [5.41, 5.74) is 0.837. The Labute approximate surface area is 122 Å². The van der Waals surface area contributed by atoms with E-state index in [9.17, 15) is 8.42 Å². The summed E-state index contributed by atoms with van der Waals surface area (Å²) in [6.45, 7) is 5.50. The van der Waals surface area contributed by atoms with E-state index in [4.69, 9.17) is 11.6 Å². The second-order valence-corrected chi connectivity index (χ2v) is 9.14. The monoisotopic (exact) mass is 353 g/mol. The van der Waals surface area contributed by atoms with Gasteiger partial charge in [0.15, 0.2) is 9.84 Å². The molecule has 0 aliphatic carbocycles. The zero-order valence-corrected chi connectivity index (χ0v) is 13.8. The molecule has 1 rings (SSSR count). The Morgan fingerprint density at radius 2 is 1.94 bits per heavy atom. The molecule has 1 N–H and O–H groups in total. The highest BCUT2D eigenvalue weighted by Gasteiger charge is 2.28. The Kier molecular flexibility index (Phi) is 5.09. The van der Waals surface area contributed by atoms with E-state index in [1.807, 2.05) is 6.07 Å². The molecule has 0 saturated carbocycles. The fraction of sp³-hybridized carbons (Fsp3) is 0.500. The number of sulfone groups is 1. The fourth-order valence-electron chi connectivity index (χ4n) is 1.26. The summed E-state index contributed by atoms with van der Waals surface area (Å²) in [6, 6.07) is 5.34. The number of benzene rings is 1. The predicted molar refractivity (Wildman–Crippen MR) is 81.2 cm³/mol. The maximum atomic E-state index is 11.9. The average Bonchev–Trinajstić information content (AvgIpc) is 2.19. The molecule has 0 saturated heterocycles.